The molecule has 2 fully saturated rings. The molecular weight excluding hydrogens is 450 g/mol. The molecule has 3 N–H and O–H groups in total. The molecule has 4 heterocycles. The predicted molar refractivity (Wildman–Crippen MR) is 132 cm³/mol. The van der Waals surface area contributed by atoms with Crippen molar-refractivity contribution in [2.75, 3.05) is 30.0 Å². The maximum Gasteiger partial charge on any atom is 0.274 e. The third kappa shape index (κ3) is 4.85. The van der Waals surface area contributed by atoms with Gasteiger partial charge in [0.2, 0.25) is 5.91 Å². The Hall–Kier alpha value is -3.17. The Morgan fingerprint density at radius 3 is 2.71 bits per heavy atom. The lowest BCUT2D eigenvalue weighted by molar-refractivity contribution is 0.0610. The van der Waals surface area contributed by atoms with E-state index in [-0.39, 0.29) is 11.9 Å². The number of anilines is 2. The number of rotatable bonds is 7. The molecular formula is C25H29N5O3S. The van der Waals surface area contributed by atoms with E-state index in [0.29, 0.717) is 22.3 Å². The molecule has 2 aromatic heterocycles. The Kier molecular flexibility index (Phi) is 6.64. The average Bonchev–Trinajstić information content (AvgIpc) is 3.60. The van der Waals surface area contributed by atoms with E-state index in [9.17, 15) is 9.59 Å². The van der Waals surface area contributed by atoms with Crippen LogP contribution in [-0.4, -0.2) is 41.1 Å². The molecule has 3 aromatic rings. The normalized spacial score (nSPS) is 18.8. The number of aromatic nitrogens is 2. The number of carbonyl (C=O) groups is 2. The van der Waals surface area contributed by atoms with Crippen LogP contribution in [0, 0.1) is 5.92 Å². The number of nitrogens with zero attached hydrogens (tertiary/aromatic N) is 3. The van der Waals surface area contributed by atoms with Crippen molar-refractivity contribution in [3.63, 3.8) is 0 Å². The van der Waals surface area contributed by atoms with Crippen LogP contribution < -0.4 is 16.0 Å². The Balaban J connectivity index is 1.25. The molecule has 34 heavy (non-hydrogen) atoms. The van der Waals surface area contributed by atoms with Crippen LogP contribution in [0.1, 0.15) is 58.3 Å². The van der Waals surface area contributed by atoms with Crippen molar-refractivity contribution in [3.05, 3.63) is 64.9 Å². The first kappa shape index (κ1) is 22.6. The number of hydrogen-bond acceptors (Lipinski definition) is 6. The van der Waals surface area contributed by atoms with E-state index in [4.69, 9.17) is 15.5 Å². The summed E-state index contributed by atoms with van der Waals surface area (Å²) in [6, 6.07) is 11.3. The Bertz CT molecular complexity index is 1150. The van der Waals surface area contributed by atoms with Crippen LogP contribution in [0.5, 0.6) is 0 Å². The maximum absolute atomic E-state index is 13.0. The van der Waals surface area contributed by atoms with Gasteiger partial charge < -0.3 is 19.9 Å². The Labute approximate surface area is 202 Å². The van der Waals surface area contributed by atoms with E-state index in [1.165, 1.54) is 11.3 Å². The van der Waals surface area contributed by atoms with E-state index in [1.54, 1.807) is 12.1 Å². The Morgan fingerprint density at radius 2 is 1.94 bits per heavy atom. The highest BCUT2D eigenvalue weighted by Gasteiger charge is 2.29. The molecule has 178 valence electrons. The lowest BCUT2D eigenvalue weighted by atomic mass is 10.0. The molecule has 2 amide bonds. The largest absolute Gasteiger partial charge is 0.381 e. The van der Waals surface area contributed by atoms with Gasteiger partial charge in [0.25, 0.3) is 5.91 Å². The van der Waals surface area contributed by atoms with Crippen molar-refractivity contribution in [2.45, 2.75) is 38.3 Å². The summed E-state index contributed by atoms with van der Waals surface area (Å²) in [7, 11) is 0. The molecule has 0 bridgehead atoms. The number of carbonyl (C=O) groups excluding carboxylic acids is 2. The SMILES string of the molecule is NC(=O)c1ccc(N2CCCC2c2csc(NC(=O)c3cccn3CC3CCOCC3)n2)cc1. The van der Waals surface area contributed by atoms with E-state index < -0.39 is 5.91 Å². The maximum atomic E-state index is 13.0. The molecule has 2 aliphatic rings. The molecule has 9 heteroatoms. The van der Waals surface area contributed by atoms with Crippen LogP contribution in [0.3, 0.4) is 0 Å². The van der Waals surface area contributed by atoms with E-state index in [0.717, 1.165) is 63.4 Å². The van der Waals surface area contributed by atoms with Gasteiger partial charge in [-0.1, -0.05) is 0 Å². The zero-order valence-electron chi connectivity index (χ0n) is 19.0. The standard InChI is InChI=1S/C25H29N5O3S/c26-23(31)18-5-7-19(8-6-18)30-12-2-3-21(30)20-16-34-25(27-20)28-24(32)22-4-1-11-29(22)15-17-9-13-33-14-10-17/h1,4-8,11,16-17,21H,2-3,9-10,12-15H2,(H2,26,31)(H,27,28,32). The van der Waals surface area contributed by atoms with E-state index in [2.05, 4.69) is 10.2 Å². The van der Waals surface area contributed by atoms with Crippen LogP contribution in [0.4, 0.5) is 10.8 Å². The van der Waals surface area contributed by atoms with E-state index >= 15 is 0 Å². The highest BCUT2D eigenvalue weighted by atomic mass is 32.1. The first-order valence-electron chi connectivity index (χ1n) is 11.7. The highest BCUT2D eigenvalue weighted by molar-refractivity contribution is 7.14. The number of hydrogen-bond donors (Lipinski definition) is 2. The molecule has 5 rings (SSSR count). The van der Waals surface area contributed by atoms with Crippen molar-refractivity contribution in [2.24, 2.45) is 11.7 Å². The minimum absolute atomic E-state index is 0.136. The van der Waals surface area contributed by atoms with Crippen molar-refractivity contribution >= 4 is 34.0 Å². The number of amides is 2. The summed E-state index contributed by atoms with van der Waals surface area (Å²) in [4.78, 5) is 31.4. The number of ether oxygens (including phenoxy) is 1. The second-order valence-electron chi connectivity index (χ2n) is 8.90. The van der Waals surface area contributed by atoms with Crippen molar-refractivity contribution in [3.8, 4) is 0 Å². The summed E-state index contributed by atoms with van der Waals surface area (Å²) in [6.07, 6.45) is 6.07. The average molecular weight is 480 g/mol. The van der Waals surface area contributed by atoms with Crippen molar-refractivity contribution in [1.29, 1.82) is 0 Å². The first-order valence-corrected chi connectivity index (χ1v) is 12.6. The Morgan fingerprint density at radius 1 is 1.15 bits per heavy atom. The van der Waals surface area contributed by atoms with Gasteiger partial charge in [0, 0.05) is 49.1 Å². The minimum Gasteiger partial charge on any atom is -0.381 e. The zero-order chi connectivity index (χ0) is 23.5. The van der Waals surface area contributed by atoms with E-state index in [1.807, 2.05) is 40.4 Å². The van der Waals surface area contributed by atoms with Gasteiger partial charge in [0.05, 0.1) is 11.7 Å². The molecule has 8 nitrogen and oxygen atoms in total. The van der Waals surface area contributed by atoms with Gasteiger partial charge in [-0.2, -0.15) is 0 Å². The highest BCUT2D eigenvalue weighted by Crippen LogP contribution is 2.37. The van der Waals surface area contributed by atoms with Gasteiger partial charge in [-0.05, 0) is 68.0 Å². The zero-order valence-corrected chi connectivity index (χ0v) is 19.8. The van der Waals surface area contributed by atoms with Gasteiger partial charge in [-0.3, -0.25) is 14.9 Å². The lowest BCUT2D eigenvalue weighted by Gasteiger charge is -2.25. The van der Waals surface area contributed by atoms with Crippen LogP contribution in [-0.2, 0) is 11.3 Å². The fourth-order valence-corrected chi connectivity index (χ4v) is 5.60. The molecule has 1 unspecified atom stereocenters. The molecule has 2 saturated heterocycles. The molecule has 2 aliphatic heterocycles. The smallest absolute Gasteiger partial charge is 0.274 e. The van der Waals surface area contributed by atoms with Crippen LogP contribution in [0.2, 0.25) is 0 Å². The number of primary amides is 1. The summed E-state index contributed by atoms with van der Waals surface area (Å²) in [6.45, 7) is 3.33. The van der Waals surface area contributed by atoms with Crippen molar-refractivity contribution in [1.82, 2.24) is 9.55 Å². The molecule has 0 radical (unpaired) electrons. The summed E-state index contributed by atoms with van der Waals surface area (Å²) in [5, 5.41) is 5.62. The summed E-state index contributed by atoms with van der Waals surface area (Å²) < 4.78 is 7.49. The number of nitrogens with two attached hydrogens (primary N) is 1. The topological polar surface area (TPSA) is 102 Å². The summed E-state index contributed by atoms with van der Waals surface area (Å²) >= 11 is 1.45. The van der Waals surface area contributed by atoms with Gasteiger partial charge in [0.1, 0.15) is 5.69 Å². The number of thiazole rings is 1. The van der Waals surface area contributed by atoms with Crippen LogP contribution in [0.25, 0.3) is 0 Å². The third-order valence-corrected chi connectivity index (χ3v) is 7.45. The summed E-state index contributed by atoms with van der Waals surface area (Å²) in [5.41, 5.74) is 8.51. The fraction of sp³-hybridized carbons (Fsp3) is 0.400. The third-order valence-electron chi connectivity index (χ3n) is 6.68. The molecule has 1 aromatic carbocycles. The molecule has 0 saturated carbocycles. The quantitative estimate of drug-likeness (QED) is 0.532. The second kappa shape index (κ2) is 9.99. The summed E-state index contributed by atoms with van der Waals surface area (Å²) in [5.74, 6) is -0.0314. The number of benzene rings is 1. The second-order valence-corrected chi connectivity index (χ2v) is 9.75. The lowest BCUT2D eigenvalue weighted by Crippen LogP contribution is -2.24. The first-order chi connectivity index (χ1) is 16.6. The van der Waals surface area contributed by atoms with Gasteiger partial charge >= 0.3 is 0 Å². The van der Waals surface area contributed by atoms with Crippen molar-refractivity contribution < 1.29 is 14.3 Å². The predicted octanol–water partition coefficient (Wildman–Crippen LogP) is 4.06. The molecule has 0 spiro atoms. The number of nitrogens with one attached hydrogen (secondary N) is 1. The van der Waals surface area contributed by atoms with Gasteiger partial charge in [0.15, 0.2) is 5.13 Å². The van der Waals surface area contributed by atoms with Gasteiger partial charge in [-0.25, -0.2) is 4.98 Å². The van der Waals surface area contributed by atoms with Crippen LogP contribution in [0.15, 0.2) is 48.0 Å². The molecule has 1 atom stereocenters. The monoisotopic (exact) mass is 479 g/mol. The molecule has 0 aliphatic carbocycles. The fourth-order valence-electron chi connectivity index (χ4n) is 4.84. The minimum atomic E-state index is -0.427. The van der Waals surface area contributed by atoms with Gasteiger partial charge in [-0.15, -0.1) is 11.3 Å². The van der Waals surface area contributed by atoms with Crippen LogP contribution >= 0.6 is 11.3 Å².